The fourth-order valence-corrected chi connectivity index (χ4v) is 3.46. The molecule has 3 rings (SSSR count). The lowest BCUT2D eigenvalue weighted by molar-refractivity contribution is 0.428. The van der Waals surface area contributed by atoms with Gasteiger partial charge in [0.1, 0.15) is 0 Å². The normalized spacial score (nSPS) is 22.6. The number of nitrogens with zero attached hydrogens (tertiary/aromatic N) is 1. The molecule has 0 fully saturated rings. The highest BCUT2D eigenvalue weighted by molar-refractivity contribution is 7.07. The number of rotatable bonds is 3. The van der Waals surface area contributed by atoms with Crippen molar-refractivity contribution in [1.82, 2.24) is 4.98 Å². The molecule has 1 aliphatic carbocycles. The molecule has 2 aromatic rings. The molecular formula is C14H16N2S. The zero-order valence-corrected chi connectivity index (χ0v) is 10.5. The monoisotopic (exact) mass is 244 g/mol. The first-order valence-electron chi connectivity index (χ1n) is 6.00. The summed E-state index contributed by atoms with van der Waals surface area (Å²) in [6.45, 7) is 0.710. The summed E-state index contributed by atoms with van der Waals surface area (Å²) in [7, 11) is 0. The molecule has 1 heterocycles. The van der Waals surface area contributed by atoms with E-state index in [0.717, 1.165) is 19.3 Å². The maximum Gasteiger partial charge on any atom is 0.0794 e. The standard InChI is InChI=1S/C14H16N2S/c15-9-14(7-12-8-17-10-16-12)6-5-11-3-1-2-4-13(11)14/h1-4,8,10H,5-7,9,15H2. The topological polar surface area (TPSA) is 38.9 Å². The summed E-state index contributed by atoms with van der Waals surface area (Å²) in [5, 5.41) is 2.14. The van der Waals surface area contributed by atoms with Gasteiger partial charge in [-0.25, -0.2) is 4.98 Å². The predicted octanol–water partition coefficient (Wildman–Crippen LogP) is 2.53. The molecule has 1 aliphatic rings. The maximum absolute atomic E-state index is 6.08. The Balaban J connectivity index is 1.99. The van der Waals surface area contributed by atoms with Crippen LogP contribution in [0.4, 0.5) is 0 Å². The average Bonchev–Trinajstić information content (AvgIpc) is 2.99. The van der Waals surface area contributed by atoms with Gasteiger partial charge in [-0.15, -0.1) is 11.3 Å². The lowest BCUT2D eigenvalue weighted by Crippen LogP contribution is -2.35. The molecule has 1 aromatic heterocycles. The van der Waals surface area contributed by atoms with Gasteiger partial charge in [-0.05, 0) is 24.0 Å². The molecule has 0 aliphatic heterocycles. The van der Waals surface area contributed by atoms with Crippen LogP contribution in [0.2, 0.25) is 0 Å². The Kier molecular flexibility index (Phi) is 2.73. The Hall–Kier alpha value is -1.19. The van der Waals surface area contributed by atoms with Crippen LogP contribution in [0.1, 0.15) is 23.2 Å². The van der Waals surface area contributed by atoms with Crippen molar-refractivity contribution in [2.75, 3.05) is 6.54 Å². The van der Waals surface area contributed by atoms with E-state index in [9.17, 15) is 0 Å². The van der Waals surface area contributed by atoms with E-state index in [2.05, 4.69) is 34.6 Å². The molecule has 0 bridgehead atoms. The highest BCUT2D eigenvalue weighted by Crippen LogP contribution is 2.40. The molecule has 0 amide bonds. The fourth-order valence-electron chi connectivity index (χ4n) is 2.90. The van der Waals surface area contributed by atoms with Crippen LogP contribution in [0.3, 0.4) is 0 Å². The number of hydrogen-bond acceptors (Lipinski definition) is 3. The molecule has 0 saturated heterocycles. The quantitative estimate of drug-likeness (QED) is 0.901. The second-order valence-corrected chi connectivity index (χ2v) is 5.52. The molecule has 3 heteroatoms. The number of aromatic nitrogens is 1. The minimum absolute atomic E-state index is 0.116. The zero-order chi connectivity index (χ0) is 11.7. The first-order chi connectivity index (χ1) is 8.34. The Morgan fingerprint density at radius 3 is 3.00 bits per heavy atom. The van der Waals surface area contributed by atoms with Crippen molar-refractivity contribution in [3.05, 3.63) is 52.0 Å². The second-order valence-electron chi connectivity index (χ2n) is 4.80. The molecule has 1 aromatic carbocycles. The van der Waals surface area contributed by atoms with Gasteiger partial charge in [0.05, 0.1) is 11.2 Å². The van der Waals surface area contributed by atoms with Crippen LogP contribution in [0, 0.1) is 0 Å². The molecule has 0 spiro atoms. The fraction of sp³-hybridized carbons (Fsp3) is 0.357. The zero-order valence-electron chi connectivity index (χ0n) is 9.73. The molecule has 1 atom stereocenters. The Labute approximate surface area is 106 Å². The summed E-state index contributed by atoms with van der Waals surface area (Å²) >= 11 is 1.66. The molecule has 2 N–H and O–H groups in total. The molecule has 2 nitrogen and oxygen atoms in total. The minimum Gasteiger partial charge on any atom is -0.330 e. The number of benzene rings is 1. The summed E-state index contributed by atoms with van der Waals surface area (Å²) in [6.07, 6.45) is 3.28. The van der Waals surface area contributed by atoms with Gasteiger partial charge < -0.3 is 5.73 Å². The van der Waals surface area contributed by atoms with Gasteiger partial charge in [0.25, 0.3) is 0 Å². The lowest BCUT2D eigenvalue weighted by Gasteiger charge is -2.28. The summed E-state index contributed by atoms with van der Waals surface area (Å²) in [5.74, 6) is 0. The van der Waals surface area contributed by atoms with Gasteiger partial charge in [-0.3, -0.25) is 0 Å². The predicted molar refractivity (Wildman–Crippen MR) is 71.3 cm³/mol. The smallest absolute Gasteiger partial charge is 0.0794 e. The van der Waals surface area contributed by atoms with Crippen molar-refractivity contribution in [3.63, 3.8) is 0 Å². The number of fused-ring (bicyclic) bond motifs is 1. The number of nitrogens with two attached hydrogens (primary N) is 1. The molecule has 88 valence electrons. The minimum atomic E-state index is 0.116. The molecule has 0 saturated carbocycles. The molecule has 0 radical (unpaired) electrons. The summed E-state index contributed by atoms with van der Waals surface area (Å²) in [6, 6.07) is 8.71. The Morgan fingerprint density at radius 2 is 2.24 bits per heavy atom. The van der Waals surface area contributed by atoms with Crippen LogP contribution in [-0.4, -0.2) is 11.5 Å². The Bertz CT molecular complexity index is 507. The summed E-state index contributed by atoms with van der Waals surface area (Å²) in [4.78, 5) is 4.41. The van der Waals surface area contributed by atoms with Crippen molar-refractivity contribution in [3.8, 4) is 0 Å². The highest BCUT2D eigenvalue weighted by atomic mass is 32.1. The van der Waals surface area contributed by atoms with E-state index in [-0.39, 0.29) is 5.41 Å². The van der Waals surface area contributed by atoms with E-state index in [0.29, 0.717) is 6.54 Å². The second kappa shape index (κ2) is 4.24. The van der Waals surface area contributed by atoms with Gasteiger partial charge in [-0.1, -0.05) is 24.3 Å². The van der Waals surface area contributed by atoms with Crippen LogP contribution in [0.5, 0.6) is 0 Å². The van der Waals surface area contributed by atoms with Gasteiger partial charge in [-0.2, -0.15) is 0 Å². The molecule has 1 unspecified atom stereocenters. The summed E-state index contributed by atoms with van der Waals surface area (Å²) in [5.41, 5.74) is 12.2. The summed E-state index contributed by atoms with van der Waals surface area (Å²) < 4.78 is 0. The first kappa shape index (κ1) is 10.9. The SMILES string of the molecule is NCC1(Cc2cscn2)CCc2ccccc21. The van der Waals surface area contributed by atoms with Crippen molar-refractivity contribution in [1.29, 1.82) is 0 Å². The average molecular weight is 244 g/mol. The van der Waals surface area contributed by atoms with Crippen molar-refractivity contribution in [2.24, 2.45) is 5.73 Å². The first-order valence-corrected chi connectivity index (χ1v) is 6.94. The molecule has 17 heavy (non-hydrogen) atoms. The third kappa shape index (κ3) is 1.79. The van der Waals surface area contributed by atoms with Crippen molar-refractivity contribution >= 4 is 11.3 Å². The van der Waals surface area contributed by atoms with E-state index in [4.69, 9.17) is 5.73 Å². The number of thiazole rings is 1. The van der Waals surface area contributed by atoms with Gasteiger partial charge in [0, 0.05) is 23.8 Å². The highest BCUT2D eigenvalue weighted by Gasteiger charge is 2.37. The largest absolute Gasteiger partial charge is 0.330 e. The van der Waals surface area contributed by atoms with Crippen LogP contribution >= 0.6 is 11.3 Å². The third-order valence-corrected chi connectivity index (χ3v) is 4.49. The van der Waals surface area contributed by atoms with Crippen LogP contribution in [0.25, 0.3) is 0 Å². The number of hydrogen-bond donors (Lipinski definition) is 1. The maximum atomic E-state index is 6.08. The lowest BCUT2D eigenvalue weighted by atomic mass is 9.78. The van der Waals surface area contributed by atoms with E-state index in [1.807, 2.05) is 5.51 Å². The van der Waals surface area contributed by atoms with E-state index in [1.54, 1.807) is 11.3 Å². The van der Waals surface area contributed by atoms with Crippen molar-refractivity contribution in [2.45, 2.75) is 24.7 Å². The van der Waals surface area contributed by atoms with Gasteiger partial charge in [0.15, 0.2) is 0 Å². The van der Waals surface area contributed by atoms with Gasteiger partial charge in [0.2, 0.25) is 0 Å². The van der Waals surface area contributed by atoms with E-state index in [1.165, 1.54) is 16.8 Å². The van der Waals surface area contributed by atoms with Crippen molar-refractivity contribution < 1.29 is 0 Å². The van der Waals surface area contributed by atoms with Gasteiger partial charge >= 0.3 is 0 Å². The third-order valence-electron chi connectivity index (χ3n) is 3.86. The van der Waals surface area contributed by atoms with Crippen LogP contribution < -0.4 is 5.73 Å². The molecular weight excluding hydrogens is 228 g/mol. The van der Waals surface area contributed by atoms with E-state index >= 15 is 0 Å². The number of aryl methyl sites for hydroxylation is 1. The van der Waals surface area contributed by atoms with E-state index < -0.39 is 0 Å². The van der Waals surface area contributed by atoms with Crippen LogP contribution in [-0.2, 0) is 18.3 Å². The Morgan fingerprint density at radius 1 is 1.35 bits per heavy atom. The van der Waals surface area contributed by atoms with Crippen LogP contribution in [0.15, 0.2) is 35.2 Å².